The molecule has 2 N–H and O–H groups in total. The molecule has 72 heavy (non-hydrogen) atoms. The van der Waals surface area contributed by atoms with Crippen LogP contribution in [0.25, 0.3) is 0 Å². The van der Waals surface area contributed by atoms with Crippen LogP contribution in [-0.2, 0) is 37.4 Å². The number of esters is 2. The molecule has 0 aliphatic carbocycles. The maximum atomic E-state index is 14.3. The van der Waals surface area contributed by atoms with Crippen LogP contribution < -0.4 is 5.73 Å². The van der Waals surface area contributed by atoms with Gasteiger partial charge >= 0.3 is 11.9 Å². The minimum absolute atomic E-state index is 0.0149. The monoisotopic (exact) mass is 1040 g/mol. The summed E-state index contributed by atoms with van der Waals surface area (Å²) in [4.78, 5) is 33.2. The lowest BCUT2D eigenvalue weighted by Crippen LogP contribution is -2.53. The molecule has 0 saturated carbocycles. The van der Waals surface area contributed by atoms with Gasteiger partial charge in [0, 0.05) is 31.4 Å². The summed E-state index contributed by atoms with van der Waals surface area (Å²) in [6.07, 6.45) is 30.0. The second-order valence-electron chi connectivity index (χ2n) is 24.0. The molecule has 3 aliphatic rings. The third kappa shape index (κ3) is 20.3. The molecule has 416 valence electrons. The molecule has 3 heterocycles. The molecule has 2 saturated heterocycles. The molecule has 0 radical (unpaired) electrons. The first kappa shape index (κ1) is 64.0. The summed E-state index contributed by atoms with van der Waals surface area (Å²) in [5.74, 6) is -0.622. The highest BCUT2D eigenvalue weighted by Crippen LogP contribution is 2.45. The molecule has 3 aliphatic heterocycles. The summed E-state index contributed by atoms with van der Waals surface area (Å²) >= 11 is 0. The third-order valence-electron chi connectivity index (χ3n) is 16.4. The molecule has 0 amide bonds. The Hall–Kier alpha value is -2.30. The maximum absolute atomic E-state index is 14.3. The van der Waals surface area contributed by atoms with E-state index in [1.165, 1.54) is 51.4 Å². The van der Waals surface area contributed by atoms with E-state index < -0.39 is 22.4 Å². The Balaban J connectivity index is 1.61. The zero-order chi connectivity index (χ0) is 53.4. The molecule has 0 bridgehead atoms. The van der Waals surface area contributed by atoms with Crippen LogP contribution in [0.1, 0.15) is 230 Å². The lowest BCUT2D eigenvalue weighted by molar-refractivity contribution is -0.276. The van der Waals surface area contributed by atoms with Crippen molar-refractivity contribution in [3.05, 3.63) is 36.1 Å². The predicted molar refractivity (Wildman–Crippen MR) is 304 cm³/mol. The van der Waals surface area contributed by atoms with Gasteiger partial charge < -0.3 is 38.4 Å². The number of unbranched alkanes of at least 4 members (excludes halogenated alkanes) is 12. The summed E-state index contributed by atoms with van der Waals surface area (Å²) in [6.45, 7) is 35.6. The van der Waals surface area contributed by atoms with Gasteiger partial charge in [0.15, 0.2) is 20.1 Å². The Morgan fingerprint density at radius 1 is 0.833 bits per heavy atom. The van der Waals surface area contributed by atoms with Gasteiger partial charge in [0.05, 0.1) is 43.2 Å². The molecule has 3 rings (SSSR count). The standard InChI is InChI=1S/C59H109N3O8Si2/c1-15-41-65-54(63)37-28-26-24-22-20-18-17-19-21-23-25-27-31-42-66-56(64)55-52(36-32-34-49(9)69-71(13,14)58(10,11)12)61-57(60)62-50(38-39-53(55)62)45-59(67-43-33-44-68-59)40-30-29-35-51(16-2)70-72(46(3)4,47(5)6)48(7)8/h15,29,35,46-51,53H,1,16-28,30-34,36-45H2,2-14H3,(H2,60,61)/b35-29+/t49-,50+,51+,53+/m1/s1. The van der Waals surface area contributed by atoms with E-state index in [1.54, 1.807) is 6.08 Å². The topological polar surface area (TPSA) is 131 Å². The fourth-order valence-electron chi connectivity index (χ4n) is 11.5. The molecule has 4 atom stereocenters. The number of fused-ring (bicyclic) bond motifs is 1. The summed E-state index contributed by atoms with van der Waals surface area (Å²) in [5.41, 5.74) is 10.0. The van der Waals surface area contributed by atoms with E-state index in [0.29, 0.717) is 73.8 Å². The average Bonchev–Trinajstić information content (AvgIpc) is 3.72. The van der Waals surface area contributed by atoms with E-state index in [-0.39, 0.29) is 41.3 Å². The fraction of sp³-hybridized carbons (Fsp3) is 0.847. The molecule has 0 spiro atoms. The Labute approximate surface area is 443 Å². The Bertz CT molecular complexity index is 1660. The van der Waals surface area contributed by atoms with Crippen molar-refractivity contribution in [2.45, 2.75) is 295 Å². The van der Waals surface area contributed by atoms with Crippen molar-refractivity contribution < 1.29 is 37.4 Å². The van der Waals surface area contributed by atoms with Gasteiger partial charge in [-0.05, 0) is 106 Å². The van der Waals surface area contributed by atoms with E-state index in [2.05, 4.69) is 113 Å². The predicted octanol–water partition coefficient (Wildman–Crippen LogP) is 15.5. The Morgan fingerprint density at radius 2 is 1.40 bits per heavy atom. The third-order valence-corrected chi connectivity index (χ3v) is 27.1. The van der Waals surface area contributed by atoms with E-state index >= 15 is 0 Å². The molecule has 11 nitrogen and oxygen atoms in total. The van der Waals surface area contributed by atoms with E-state index in [0.717, 1.165) is 89.2 Å². The molecule has 2 fully saturated rings. The zero-order valence-electron chi connectivity index (χ0n) is 48.5. The maximum Gasteiger partial charge on any atom is 0.337 e. The number of nitrogens with two attached hydrogens (primary N) is 1. The van der Waals surface area contributed by atoms with Crippen molar-refractivity contribution in [3.63, 3.8) is 0 Å². The van der Waals surface area contributed by atoms with Crippen molar-refractivity contribution in [2.24, 2.45) is 10.7 Å². The summed E-state index contributed by atoms with van der Waals surface area (Å²) in [6, 6.07) is -0.175. The van der Waals surface area contributed by atoms with Gasteiger partial charge in [-0.1, -0.05) is 165 Å². The highest BCUT2D eigenvalue weighted by atomic mass is 28.4. The second kappa shape index (κ2) is 32.3. The van der Waals surface area contributed by atoms with Gasteiger partial charge in [0.1, 0.15) is 6.61 Å². The molecule has 0 aromatic rings. The molecule has 0 aromatic heterocycles. The number of nitrogens with zero attached hydrogens (tertiary/aromatic N) is 2. The zero-order valence-corrected chi connectivity index (χ0v) is 50.5. The second-order valence-corrected chi connectivity index (χ2v) is 34.2. The first-order chi connectivity index (χ1) is 34.1. The van der Waals surface area contributed by atoms with E-state index in [4.69, 9.17) is 38.5 Å². The number of hydrogen-bond donors (Lipinski definition) is 1. The van der Waals surface area contributed by atoms with Crippen molar-refractivity contribution in [1.29, 1.82) is 0 Å². The van der Waals surface area contributed by atoms with Crippen molar-refractivity contribution in [1.82, 2.24) is 4.90 Å². The van der Waals surface area contributed by atoms with Crippen molar-refractivity contribution in [3.8, 4) is 0 Å². The number of hydrogen-bond acceptors (Lipinski definition) is 11. The van der Waals surface area contributed by atoms with Gasteiger partial charge in [-0.15, -0.1) is 0 Å². The van der Waals surface area contributed by atoms with Gasteiger partial charge in [-0.2, -0.15) is 0 Å². The van der Waals surface area contributed by atoms with Gasteiger partial charge in [-0.25, -0.2) is 9.79 Å². The number of ether oxygens (including phenoxy) is 4. The molecule has 13 heteroatoms. The summed E-state index contributed by atoms with van der Waals surface area (Å²) in [7, 11) is -3.94. The van der Waals surface area contributed by atoms with E-state index in [9.17, 15) is 9.59 Å². The highest BCUT2D eigenvalue weighted by molar-refractivity contribution is 6.77. The van der Waals surface area contributed by atoms with E-state index in [1.807, 2.05) is 0 Å². The Kier molecular flexibility index (Phi) is 28.7. The van der Waals surface area contributed by atoms with Crippen LogP contribution in [0.2, 0.25) is 34.8 Å². The summed E-state index contributed by atoms with van der Waals surface area (Å²) in [5, 5.41) is 0.137. The summed E-state index contributed by atoms with van der Waals surface area (Å²) < 4.78 is 38.3. The van der Waals surface area contributed by atoms with Crippen molar-refractivity contribution in [2.75, 3.05) is 26.4 Å². The number of carbonyl (C=O) groups excluding carboxylic acids is 2. The smallest absolute Gasteiger partial charge is 0.337 e. The molecular weight excluding hydrogens is 935 g/mol. The van der Waals surface area contributed by atoms with Gasteiger partial charge in [-0.3, -0.25) is 4.79 Å². The molecule has 0 unspecified atom stereocenters. The van der Waals surface area contributed by atoms with Gasteiger partial charge in [0.2, 0.25) is 8.32 Å². The quantitative estimate of drug-likeness (QED) is 0.0278. The fourth-order valence-corrected chi connectivity index (χ4v) is 18.6. The molecular formula is C59H109N3O8Si2. The van der Waals surface area contributed by atoms with Crippen LogP contribution in [0.4, 0.5) is 0 Å². The molecule has 0 aromatic carbocycles. The highest BCUT2D eigenvalue weighted by Gasteiger charge is 2.49. The normalized spacial score (nSPS) is 19.6. The minimum atomic E-state index is -2.02. The van der Waals surface area contributed by atoms with Crippen LogP contribution in [0, 0.1) is 0 Å². The van der Waals surface area contributed by atoms with Gasteiger partial charge in [0.25, 0.3) is 0 Å². The van der Waals surface area contributed by atoms with Crippen LogP contribution in [-0.4, -0.2) is 95.9 Å². The first-order valence-corrected chi connectivity index (χ1v) is 34.3. The number of carbonyl (C=O) groups is 2. The van der Waals surface area contributed by atoms with Crippen LogP contribution in [0.15, 0.2) is 41.1 Å². The largest absolute Gasteiger partial charge is 0.462 e. The number of aliphatic imine (C=N–C) groups is 1. The average molecular weight is 1040 g/mol. The first-order valence-electron chi connectivity index (χ1n) is 29.2. The lowest BCUT2D eigenvalue weighted by atomic mass is 9.98. The minimum Gasteiger partial charge on any atom is -0.462 e. The van der Waals surface area contributed by atoms with Crippen LogP contribution in [0.3, 0.4) is 0 Å². The number of allylic oxidation sites excluding steroid dienone is 2. The van der Waals surface area contributed by atoms with Crippen LogP contribution in [0.5, 0.6) is 0 Å². The SMILES string of the molecule is C=CCOC(=O)CCCCCCCCCCCCCCCOC(=O)C1=C(CCC[C@@H](C)O[Si](C)(C)C(C)(C)C)N=C(N)N2[C@H](CC3(CC/C=C/[C@H](CC)O[Si](C(C)C)(C(C)C)C(C)C)OCCCO3)CC[C@@H]12. The Morgan fingerprint density at radius 3 is 1.94 bits per heavy atom. The number of guanidine groups is 1. The van der Waals surface area contributed by atoms with Crippen LogP contribution >= 0.6 is 0 Å². The number of rotatable bonds is 37. The lowest BCUT2D eigenvalue weighted by Gasteiger charge is -2.44. The van der Waals surface area contributed by atoms with Crippen molar-refractivity contribution >= 4 is 34.5 Å².